The number of benzene rings is 2. The number of fused-ring (bicyclic) bond motifs is 2. The monoisotopic (exact) mass is 535 g/mol. The molecule has 1 N–H and O–H groups in total. The maximum absolute atomic E-state index is 13.3. The SMILES string of the molecule is COc1ccc([C@@H]2C(C(=O)OC(C)C)=C(C)N=C3SC=C(CC(=O)NCc4ccc5c(c4)OCO5)N32)cc1. The van der Waals surface area contributed by atoms with E-state index in [4.69, 9.17) is 23.9 Å². The Morgan fingerprint density at radius 3 is 2.66 bits per heavy atom. The van der Waals surface area contributed by atoms with Crippen molar-refractivity contribution in [2.75, 3.05) is 13.9 Å². The molecule has 10 heteroatoms. The Balaban J connectivity index is 1.37. The standard InChI is InChI=1S/C28H29N3O6S/c1-16(2)37-27(33)25-17(3)30-28-31(26(25)19-6-8-21(34-4)9-7-19)20(14-38-28)12-24(32)29-13-18-5-10-22-23(11-18)36-15-35-22/h5-11,14,16,26H,12-13,15H2,1-4H3,(H,29,32)/t26-/m1/s1. The van der Waals surface area contributed by atoms with E-state index in [2.05, 4.69) is 5.32 Å². The maximum Gasteiger partial charge on any atom is 0.338 e. The number of hydrogen-bond donors (Lipinski definition) is 1. The quantitative estimate of drug-likeness (QED) is 0.488. The average molecular weight is 536 g/mol. The van der Waals surface area contributed by atoms with Crippen LogP contribution in [0.15, 0.2) is 69.8 Å². The summed E-state index contributed by atoms with van der Waals surface area (Å²) >= 11 is 1.43. The number of aliphatic imine (C=N–C) groups is 1. The highest BCUT2D eigenvalue weighted by Gasteiger charge is 2.41. The molecule has 2 aromatic carbocycles. The Kier molecular flexibility index (Phi) is 7.33. The molecule has 38 heavy (non-hydrogen) atoms. The van der Waals surface area contributed by atoms with Crippen LogP contribution in [0, 0.1) is 0 Å². The Morgan fingerprint density at radius 2 is 1.92 bits per heavy atom. The highest BCUT2D eigenvalue weighted by atomic mass is 32.2. The summed E-state index contributed by atoms with van der Waals surface area (Å²) in [6, 6.07) is 12.6. The van der Waals surface area contributed by atoms with Gasteiger partial charge in [0.25, 0.3) is 0 Å². The highest BCUT2D eigenvalue weighted by Crippen LogP contribution is 2.45. The molecule has 0 saturated heterocycles. The third-order valence-electron chi connectivity index (χ3n) is 6.26. The molecule has 0 fully saturated rings. The van der Waals surface area contributed by atoms with Crippen molar-refractivity contribution in [3.05, 3.63) is 76.0 Å². The van der Waals surface area contributed by atoms with Gasteiger partial charge in [0, 0.05) is 12.2 Å². The first-order chi connectivity index (χ1) is 18.3. The molecule has 3 aliphatic rings. The van der Waals surface area contributed by atoms with Crippen molar-refractivity contribution in [3.63, 3.8) is 0 Å². The van der Waals surface area contributed by atoms with Crippen LogP contribution >= 0.6 is 11.8 Å². The van der Waals surface area contributed by atoms with E-state index in [9.17, 15) is 9.59 Å². The molecule has 0 aliphatic carbocycles. The maximum atomic E-state index is 13.3. The molecule has 9 nitrogen and oxygen atoms in total. The highest BCUT2D eigenvalue weighted by molar-refractivity contribution is 8.16. The first kappa shape index (κ1) is 25.7. The number of hydrogen-bond acceptors (Lipinski definition) is 9. The van der Waals surface area contributed by atoms with Crippen molar-refractivity contribution < 1.29 is 28.5 Å². The van der Waals surface area contributed by atoms with Crippen molar-refractivity contribution in [2.24, 2.45) is 4.99 Å². The Bertz CT molecular complexity index is 1350. The van der Waals surface area contributed by atoms with Gasteiger partial charge in [-0.15, -0.1) is 0 Å². The number of rotatable bonds is 8. The number of thioether (sulfide) groups is 1. The normalized spacial score (nSPS) is 17.7. The third kappa shape index (κ3) is 5.22. The van der Waals surface area contributed by atoms with Crippen molar-refractivity contribution in [1.82, 2.24) is 10.2 Å². The number of nitrogens with zero attached hydrogens (tertiary/aromatic N) is 2. The number of carbonyl (C=O) groups excluding carboxylic acids is 2. The van der Waals surface area contributed by atoms with Crippen molar-refractivity contribution >= 4 is 28.8 Å². The number of carbonyl (C=O) groups is 2. The van der Waals surface area contributed by atoms with Gasteiger partial charge in [-0.25, -0.2) is 9.79 Å². The zero-order valence-electron chi connectivity index (χ0n) is 21.6. The summed E-state index contributed by atoms with van der Waals surface area (Å²) in [7, 11) is 1.61. The molecule has 2 aromatic rings. The topological polar surface area (TPSA) is 98.7 Å². The number of allylic oxidation sites excluding steroid dienone is 1. The number of amidine groups is 1. The van der Waals surface area contributed by atoms with Crippen LogP contribution in [-0.2, 0) is 20.9 Å². The summed E-state index contributed by atoms with van der Waals surface area (Å²) in [6.07, 6.45) is -0.163. The van der Waals surface area contributed by atoms with Crippen LogP contribution in [-0.4, -0.2) is 42.0 Å². The largest absolute Gasteiger partial charge is 0.497 e. The molecule has 0 radical (unpaired) electrons. The molecule has 3 heterocycles. The lowest BCUT2D eigenvalue weighted by molar-refractivity contribution is -0.143. The van der Waals surface area contributed by atoms with Crippen molar-refractivity contribution in [2.45, 2.75) is 45.9 Å². The summed E-state index contributed by atoms with van der Waals surface area (Å²) in [5.74, 6) is 1.50. The molecule has 198 valence electrons. The third-order valence-corrected chi connectivity index (χ3v) is 7.15. The van der Waals surface area contributed by atoms with Gasteiger partial charge in [-0.2, -0.15) is 0 Å². The minimum absolute atomic E-state index is 0.120. The Hall–Kier alpha value is -3.92. The van der Waals surface area contributed by atoms with E-state index in [-0.39, 0.29) is 25.2 Å². The lowest BCUT2D eigenvalue weighted by atomic mass is 9.93. The lowest BCUT2D eigenvalue weighted by Crippen LogP contribution is -2.38. The molecule has 1 amide bonds. The second-order valence-electron chi connectivity index (χ2n) is 9.26. The summed E-state index contributed by atoms with van der Waals surface area (Å²) in [4.78, 5) is 32.9. The number of ether oxygens (including phenoxy) is 4. The van der Waals surface area contributed by atoms with Crippen LogP contribution in [0.2, 0.25) is 0 Å². The smallest absolute Gasteiger partial charge is 0.338 e. The van der Waals surface area contributed by atoms with Crippen LogP contribution in [0.3, 0.4) is 0 Å². The summed E-state index contributed by atoms with van der Waals surface area (Å²) in [6.45, 7) is 6.00. The fourth-order valence-corrected chi connectivity index (χ4v) is 5.45. The van der Waals surface area contributed by atoms with Crippen molar-refractivity contribution in [1.29, 1.82) is 0 Å². The average Bonchev–Trinajstić information content (AvgIpc) is 3.52. The van der Waals surface area contributed by atoms with E-state index in [0.29, 0.717) is 40.2 Å². The second kappa shape index (κ2) is 10.8. The van der Waals surface area contributed by atoms with Gasteiger partial charge in [0.2, 0.25) is 12.7 Å². The molecule has 3 aliphatic heterocycles. The fourth-order valence-electron chi connectivity index (χ4n) is 4.49. The molecule has 1 atom stereocenters. The summed E-state index contributed by atoms with van der Waals surface area (Å²) < 4.78 is 21.7. The number of amides is 1. The van der Waals surface area contributed by atoms with E-state index in [1.807, 2.05) is 73.5 Å². The summed E-state index contributed by atoms with van der Waals surface area (Å²) in [5.41, 5.74) is 3.56. The molecular weight excluding hydrogens is 506 g/mol. The number of esters is 1. The first-order valence-electron chi connectivity index (χ1n) is 12.3. The van der Waals surface area contributed by atoms with Gasteiger partial charge in [0.05, 0.1) is 36.9 Å². The van der Waals surface area contributed by atoms with E-state index >= 15 is 0 Å². The summed E-state index contributed by atoms with van der Waals surface area (Å²) in [5, 5.41) is 5.61. The molecule has 5 rings (SSSR count). The van der Waals surface area contributed by atoms with Gasteiger partial charge < -0.3 is 29.2 Å². The van der Waals surface area contributed by atoms with E-state index < -0.39 is 12.0 Å². The zero-order valence-corrected chi connectivity index (χ0v) is 22.5. The van der Waals surface area contributed by atoms with Gasteiger partial charge >= 0.3 is 5.97 Å². The molecule has 0 spiro atoms. The van der Waals surface area contributed by atoms with Crippen LogP contribution in [0.5, 0.6) is 17.2 Å². The van der Waals surface area contributed by atoms with Gasteiger partial charge in [0.1, 0.15) is 5.75 Å². The minimum Gasteiger partial charge on any atom is -0.497 e. The predicted molar refractivity (Wildman–Crippen MR) is 144 cm³/mol. The lowest BCUT2D eigenvalue weighted by Gasteiger charge is -2.36. The predicted octanol–water partition coefficient (Wildman–Crippen LogP) is 4.66. The van der Waals surface area contributed by atoms with Gasteiger partial charge in [0.15, 0.2) is 16.7 Å². The van der Waals surface area contributed by atoms with Gasteiger partial charge in [-0.1, -0.05) is 30.0 Å². The van der Waals surface area contributed by atoms with Crippen molar-refractivity contribution in [3.8, 4) is 17.2 Å². The molecule has 0 aromatic heterocycles. The number of methoxy groups -OCH3 is 1. The van der Waals surface area contributed by atoms with Crippen LogP contribution in [0.1, 0.15) is 44.4 Å². The van der Waals surface area contributed by atoms with E-state index in [1.54, 1.807) is 7.11 Å². The first-order valence-corrected chi connectivity index (χ1v) is 13.2. The van der Waals surface area contributed by atoms with Crippen LogP contribution < -0.4 is 19.5 Å². The molecule has 0 bridgehead atoms. The molecule has 0 unspecified atom stereocenters. The van der Waals surface area contributed by atoms with E-state index in [1.165, 1.54) is 11.8 Å². The Labute approximate surface area is 225 Å². The molecular formula is C28H29N3O6S. The van der Waals surface area contributed by atoms with Gasteiger partial charge in [-0.3, -0.25) is 4.79 Å². The molecule has 0 saturated carbocycles. The Morgan fingerprint density at radius 1 is 1.16 bits per heavy atom. The zero-order chi connectivity index (χ0) is 26.8. The minimum atomic E-state index is -0.498. The van der Waals surface area contributed by atoms with E-state index in [0.717, 1.165) is 16.8 Å². The van der Waals surface area contributed by atoms with Gasteiger partial charge in [-0.05, 0) is 61.6 Å². The second-order valence-corrected chi connectivity index (χ2v) is 10.1. The van der Waals surface area contributed by atoms with Crippen LogP contribution in [0.4, 0.5) is 0 Å². The number of nitrogens with one attached hydrogen (secondary N) is 1. The van der Waals surface area contributed by atoms with Crippen LogP contribution in [0.25, 0.3) is 0 Å². The fraction of sp³-hybridized carbons (Fsp3) is 0.321.